The molecule has 39 heavy (non-hydrogen) atoms. The molecule has 1 saturated heterocycles. The molecular formula is C27H25ClF2N6O3. The molecule has 0 saturated carbocycles. The molecule has 1 aromatic carbocycles. The summed E-state index contributed by atoms with van der Waals surface area (Å²) in [5.41, 5.74) is 0.221. The number of hydrogen-bond donors (Lipinski definition) is 1. The highest BCUT2D eigenvalue weighted by Crippen LogP contribution is 2.41. The molecule has 0 spiro atoms. The Hall–Kier alpha value is -3.83. The number of fused-ring (bicyclic) bond motifs is 5. The summed E-state index contributed by atoms with van der Waals surface area (Å²) in [6.07, 6.45) is 2.07. The molecule has 3 aromatic heterocycles. The molecule has 4 aromatic rings. The van der Waals surface area contributed by atoms with Crippen molar-refractivity contribution in [3.8, 4) is 28.4 Å². The van der Waals surface area contributed by atoms with Crippen molar-refractivity contribution in [1.82, 2.24) is 24.8 Å². The van der Waals surface area contributed by atoms with Crippen LogP contribution in [0.2, 0.25) is 5.02 Å². The van der Waals surface area contributed by atoms with Crippen molar-refractivity contribution >= 4 is 28.5 Å². The van der Waals surface area contributed by atoms with Gasteiger partial charge >= 0.3 is 5.69 Å². The van der Waals surface area contributed by atoms with Crippen LogP contribution in [0.25, 0.3) is 28.0 Å². The number of nitrogens with zero attached hydrogens (tertiary/aromatic N) is 5. The molecule has 1 fully saturated rings. The third-order valence-electron chi connectivity index (χ3n) is 6.98. The number of pyridine rings is 2. The molecule has 1 atom stereocenters. The summed E-state index contributed by atoms with van der Waals surface area (Å²) in [6.45, 7) is 5.82. The lowest BCUT2D eigenvalue weighted by atomic mass is 10.1. The average Bonchev–Trinajstić information content (AvgIpc) is 2.92. The molecule has 2 bridgehead atoms. The zero-order valence-electron chi connectivity index (χ0n) is 21.3. The lowest BCUT2D eigenvalue weighted by Crippen LogP contribution is -2.50. The van der Waals surface area contributed by atoms with Crippen LogP contribution in [-0.4, -0.2) is 58.4 Å². The van der Waals surface area contributed by atoms with Crippen molar-refractivity contribution in [1.29, 1.82) is 0 Å². The van der Waals surface area contributed by atoms with Gasteiger partial charge in [0.2, 0.25) is 0 Å². The molecule has 12 heteroatoms. The molecule has 0 unspecified atom stereocenters. The fourth-order valence-corrected chi connectivity index (χ4v) is 5.38. The third-order valence-corrected chi connectivity index (χ3v) is 7.27. The lowest BCUT2D eigenvalue weighted by Gasteiger charge is -2.35. The van der Waals surface area contributed by atoms with E-state index >= 15 is 4.39 Å². The van der Waals surface area contributed by atoms with Gasteiger partial charge in [0.1, 0.15) is 36.3 Å². The zero-order valence-corrected chi connectivity index (χ0v) is 22.1. The number of piperazine rings is 1. The third kappa shape index (κ3) is 4.25. The van der Waals surface area contributed by atoms with Gasteiger partial charge in [-0.1, -0.05) is 18.5 Å². The van der Waals surface area contributed by atoms with Crippen molar-refractivity contribution < 1.29 is 18.3 Å². The number of hydrogen-bond acceptors (Lipinski definition) is 8. The maximum absolute atomic E-state index is 15.3. The minimum Gasteiger partial charge on any atom is -0.488 e. The fraction of sp³-hybridized carbons (Fsp3) is 0.333. The van der Waals surface area contributed by atoms with E-state index in [-0.39, 0.29) is 46.9 Å². The maximum atomic E-state index is 15.3. The summed E-state index contributed by atoms with van der Waals surface area (Å²) in [5, 5.41) is 3.86. The van der Waals surface area contributed by atoms with Crippen LogP contribution in [-0.2, 0) is 6.42 Å². The number of halogens is 3. The van der Waals surface area contributed by atoms with Crippen LogP contribution >= 0.6 is 11.6 Å². The van der Waals surface area contributed by atoms with E-state index in [1.165, 1.54) is 4.57 Å². The Morgan fingerprint density at radius 3 is 2.74 bits per heavy atom. The molecule has 202 valence electrons. The Morgan fingerprint density at radius 2 is 1.95 bits per heavy atom. The highest BCUT2D eigenvalue weighted by atomic mass is 35.5. The molecule has 9 nitrogen and oxygen atoms in total. The highest BCUT2D eigenvalue weighted by molar-refractivity contribution is 6.34. The van der Waals surface area contributed by atoms with Gasteiger partial charge in [0.25, 0.3) is 0 Å². The first kappa shape index (κ1) is 25.4. The quantitative estimate of drug-likeness (QED) is 0.399. The van der Waals surface area contributed by atoms with E-state index in [0.717, 1.165) is 12.1 Å². The average molecular weight is 555 g/mol. The standard InChI is InChI=1S/C27H25ClF2N6O3/c1-3-19-23-20(6-7-32-19)38-10-11-39-24-18(30)5-4-17(29)21(24)22-16(28)12-15-25(35-9-8-31-13-14(35)2)34-27(37)36(23)26(15)33-22/h4-7,12,14,31H,3,8-11,13H2,1-2H3/t14-/m0/s1. The first-order valence-electron chi connectivity index (χ1n) is 12.7. The van der Waals surface area contributed by atoms with Gasteiger partial charge in [-0.05, 0) is 31.5 Å². The Balaban J connectivity index is 1.77. The minimum atomic E-state index is -0.776. The second-order valence-electron chi connectivity index (χ2n) is 9.38. The summed E-state index contributed by atoms with van der Waals surface area (Å²) in [5.74, 6) is -1.11. The van der Waals surface area contributed by atoms with Crippen LogP contribution in [0, 0.1) is 11.6 Å². The van der Waals surface area contributed by atoms with E-state index in [4.69, 9.17) is 26.1 Å². The van der Waals surface area contributed by atoms with Gasteiger partial charge in [-0.2, -0.15) is 4.98 Å². The number of anilines is 1. The van der Waals surface area contributed by atoms with E-state index in [9.17, 15) is 9.18 Å². The van der Waals surface area contributed by atoms with Gasteiger partial charge < -0.3 is 19.7 Å². The first-order chi connectivity index (χ1) is 18.9. The summed E-state index contributed by atoms with van der Waals surface area (Å²) in [4.78, 5) is 29.6. The Kier molecular flexibility index (Phi) is 6.56. The van der Waals surface area contributed by atoms with E-state index in [1.54, 1.807) is 18.3 Å². The zero-order chi connectivity index (χ0) is 27.3. The predicted octanol–water partition coefficient (Wildman–Crippen LogP) is 3.91. The van der Waals surface area contributed by atoms with Crippen molar-refractivity contribution in [3.05, 3.63) is 63.3 Å². The van der Waals surface area contributed by atoms with Crippen molar-refractivity contribution in [2.45, 2.75) is 26.3 Å². The smallest absolute Gasteiger partial charge is 0.356 e. The van der Waals surface area contributed by atoms with Gasteiger partial charge in [0.05, 0.1) is 27.4 Å². The molecule has 2 aliphatic heterocycles. The van der Waals surface area contributed by atoms with Crippen LogP contribution in [0.5, 0.6) is 11.5 Å². The Bertz CT molecular complexity index is 1660. The van der Waals surface area contributed by atoms with Crippen molar-refractivity contribution in [2.24, 2.45) is 0 Å². The molecule has 0 amide bonds. The number of aryl methyl sites for hydroxylation is 1. The first-order valence-corrected chi connectivity index (χ1v) is 13.1. The summed E-state index contributed by atoms with van der Waals surface area (Å²) in [6, 6.07) is 5.22. The number of ether oxygens (including phenoxy) is 2. The molecular weight excluding hydrogens is 530 g/mol. The summed E-state index contributed by atoms with van der Waals surface area (Å²) < 4.78 is 43.2. The van der Waals surface area contributed by atoms with Crippen molar-refractivity contribution in [2.75, 3.05) is 37.7 Å². The van der Waals surface area contributed by atoms with Crippen LogP contribution in [0.15, 0.2) is 35.3 Å². The van der Waals surface area contributed by atoms with E-state index in [0.29, 0.717) is 54.4 Å². The van der Waals surface area contributed by atoms with Crippen LogP contribution < -0.4 is 25.4 Å². The molecule has 0 aliphatic carbocycles. The SMILES string of the molecule is CCc1nccc2c1-n1c(=O)nc(N3CCNC[C@@H]3C)c3cc(Cl)c(nc31)-c1c(F)ccc(F)c1OCCO2. The highest BCUT2D eigenvalue weighted by Gasteiger charge is 2.29. The number of aromatic nitrogens is 4. The lowest BCUT2D eigenvalue weighted by molar-refractivity contribution is 0.211. The van der Waals surface area contributed by atoms with E-state index in [2.05, 4.69) is 15.3 Å². The second kappa shape index (κ2) is 10.0. The fourth-order valence-electron chi connectivity index (χ4n) is 5.14. The van der Waals surface area contributed by atoms with Crippen LogP contribution in [0.4, 0.5) is 14.6 Å². The Morgan fingerprint density at radius 1 is 1.15 bits per heavy atom. The molecule has 0 radical (unpaired) electrons. The van der Waals surface area contributed by atoms with Gasteiger partial charge in [0, 0.05) is 37.9 Å². The minimum absolute atomic E-state index is 0.00759. The maximum Gasteiger partial charge on any atom is 0.356 e. The van der Waals surface area contributed by atoms with Crippen molar-refractivity contribution in [3.63, 3.8) is 0 Å². The van der Waals surface area contributed by atoms with Gasteiger partial charge in [-0.3, -0.25) is 4.98 Å². The molecule has 5 heterocycles. The largest absolute Gasteiger partial charge is 0.488 e. The number of benzene rings is 1. The van der Waals surface area contributed by atoms with Gasteiger partial charge in [-0.25, -0.2) is 23.1 Å². The molecule has 1 N–H and O–H groups in total. The molecule has 6 rings (SSSR count). The summed E-state index contributed by atoms with van der Waals surface area (Å²) in [7, 11) is 0. The van der Waals surface area contributed by atoms with Gasteiger partial charge in [0.15, 0.2) is 17.2 Å². The molecule has 2 aliphatic rings. The second-order valence-corrected chi connectivity index (χ2v) is 9.79. The monoisotopic (exact) mass is 554 g/mol. The van der Waals surface area contributed by atoms with E-state index in [1.807, 2.05) is 18.7 Å². The normalized spacial score (nSPS) is 17.1. The summed E-state index contributed by atoms with van der Waals surface area (Å²) >= 11 is 6.73. The van der Waals surface area contributed by atoms with Gasteiger partial charge in [-0.15, -0.1) is 0 Å². The topological polar surface area (TPSA) is 94.4 Å². The Labute approximate surface area is 227 Å². The van der Waals surface area contributed by atoms with Crippen LogP contribution in [0.1, 0.15) is 19.5 Å². The van der Waals surface area contributed by atoms with Crippen LogP contribution in [0.3, 0.4) is 0 Å². The predicted molar refractivity (Wildman–Crippen MR) is 143 cm³/mol. The number of nitrogens with one attached hydrogen (secondary N) is 1. The van der Waals surface area contributed by atoms with E-state index < -0.39 is 17.3 Å². The number of rotatable bonds is 2.